The van der Waals surface area contributed by atoms with Gasteiger partial charge in [-0.25, -0.2) is 8.78 Å². The quantitative estimate of drug-likeness (QED) is 0.854. The molecule has 1 saturated carbocycles. The van der Waals surface area contributed by atoms with Gasteiger partial charge < -0.3 is 10.6 Å². The maximum Gasteiger partial charge on any atom is 0.251 e. The van der Waals surface area contributed by atoms with Crippen molar-refractivity contribution in [2.75, 3.05) is 13.1 Å². The van der Waals surface area contributed by atoms with Crippen LogP contribution in [0.1, 0.15) is 10.4 Å². The Balaban J connectivity index is 0.00000120. The van der Waals surface area contributed by atoms with E-state index in [0.29, 0.717) is 11.8 Å². The topological polar surface area (TPSA) is 41.1 Å². The highest BCUT2D eigenvalue weighted by Crippen LogP contribution is 2.41. The number of carbonyl (C=O) groups excluding carboxylic acids is 1. The van der Waals surface area contributed by atoms with Crippen LogP contribution in [0.3, 0.4) is 0 Å². The van der Waals surface area contributed by atoms with E-state index in [0.717, 1.165) is 31.3 Å². The minimum Gasteiger partial charge on any atom is -0.349 e. The number of halogens is 3. The van der Waals surface area contributed by atoms with E-state index in [1.165, 1.54) is 0 Å². The molecule has 1 aromatic rings. The predicted octanol–water partition coefficient (Wildman–Crippen LogP) is 1.33. The van der Waals surface area contributed by atoms with Crippen molar-refractivity contribution < 1.29 is 13.6 Å². The molecule has 0 radical (unpaired) electrons. The van der Waals surface area contributed by atoms with E-state index >= 15 is 0 Å². The van der Waals surface area contributed by atoms with Crippen LogP contribution in [-0.4, -0.2) is 25.0 Å². The molecule has 1 aliphatic heterocycles. The molecule has 1 aromatic carbocycles. The maximum absolute atomic E-state index is 12.9. The fraction of sp³-hybridized carbons (Fsp3) is 0.417. The van der Waals surface area contributed by atoms with Gasteiger partial charge in [-0.15, -0.1) is 12.4 Å². The molecule has 2 aliphatic rings. The molecule has 1 heterocycles. The van der Waals surface area contributed by atoms with Crippen molar-refractivity contribution in [1.82, 2.24) is 10.6 Å². The van der Waals surface area contributed by atoms with Gasteiger partial charge >= 0.3 is 0 Å². The smallest absolute Gasteiger partial charge is 0.251 e. The average Bonchev–Trinajstić information content (AvgIpc) is 2.73. The van der Waals surface area contributed by atoms with Crippen molar-refractivity contribution in [2.45, 2.75) is 6.04 Å². The van der Waals surface area contributed by atoms with Crippen LogP contribution >= 0.6 is 12.4 Å². The van der Waals surface area contributed by atoms with E-state index in [4.69, 9.17) is 0 Å². The number of hydrogen-bond acceptors (Lipinski definition) is 2. The Kier molecular flexibility index (Phi) is 3.54. The first kappa shape index (κ1) is 13.2. The third-order valence-corrected chi connectivity index (χ3v) is 3.51. The standard InChI is InChI=1S/C12H12F2N2O.ClH/c13-7-1-6(2-8(14)3-7)12(17)16-11-9-4-15-5-10(9)11;/h1-3,9-11,15H,4-5H2,(H,16,17);1H. The molecule has 3 rings (SSSR count). The number of nitrogens with one attached hydrogen (secondary N) is 2. The first-order chi connectivity index (χ1) is 8.15. The third-order valence-electron chi connectivity index (χ3n) is 3.51. The van der Waals surface area contributed by atoms with E-state index in [1.54, 1.807) is 0 Å². The highest BCUT2D eigenvalue weighted by Gasteiger charge is 2.53. The van der Waals surface area contributed by atoms with E-state index in [1.807, 2.05) is 0 Å². The number of amides is 1. The highest BCUT2D eigenvalue weighted by atomic mass is 35.5. The summed E-state index contributed by atoms with van der Waals surface area (Å²) in [5.41, 5.74) is 0.0421. The largest absolute Gasteiger partial charge is 0.349 e. The molecule has 2 fully saturated rings. The van der Waals surface area contributed by atoms with Gasteiger partial charge in [-0.2, -0.15) is 0 Å². The Labute approximate surface area is 109 Å². The van der Waals surface area contributed by atoms with Crippen molar-refractivity contribution in [2.24, 2.45) is 11.8 Å². The molecule has 98 valence electrons. The number of rotatable bonds is 2. The van der Waals surface area contributed by atoms with Crippen molar-refractivity contribution in [3.63, 3.8) is 0 Å². The zero-order valence-electron chi connectivity index (χ0n) is 9.45. The lowest BCUT2D eigenvalue weighted by atomic mass is 10.2. The van der Waals surface area contributed by atoms with Crippen molar-refractivity contribution in [3.8, 4) is 0 Å². The summed E-state index contributed by atoms with van der Waals surface area (Å²) < 4.78 is 25.9. The number of benzene rings is 1. The van der Waals surface area contributed by atoms with Gasteiger partial charge in [0.05, 0.1) is 0 Å². The Bertz CT molecular complexity index is 453. The molecule has 18 heavy (non-hydrogen) atoms. The molecular formula is C12H13ClF2N2O. The summed E-state index contributed by atoms with van der Waals surface area (Å²) in [7, 11) is 0. The molecule has 0 spiro atoms. The summed E-state index contributed by atoms with van der Waals surface area (Å²) in [6.45, 7) is 1.82. The summed E-state index contributed by atoms with van der Waals surface area (Å²) in [6.07, 6.45) is 0. The Hall–Kier alpha value is -1.20. The van der Waals surface area contributed by atoms with E-state index in [2.05, 4.69) is 10.6 Å². The minimum absolute atomic E-state index is 0. The van der Waals surface area contributed by atoms with E-state index in [9.17, 15) is 13.6 Å². The highest BCUT2D eigenvalue weighted by molar-refractivity contribution is 5.94. The fourth-order valence-electron chi connectivity index (χ4n) is 2.55. The van der Waals surface area contributed by atoms with E-state index < -0.39 is 17.5 Å². The molecule has 1 aliphatic carbocycles. The third kappa shape index (κ3) is 2.33. The lowest BCUT2D eigenvalue weighted by Gasteiger charge is -2.07. The summed E-state index contributed by atoms with van der Waals surface area (Å²) in [5, 5.41) is 6.03. The lowest BCUT2D eigenvalue weighted by Crippen LogP contribution is -2.32. The summed E-state index contributed by atoms with van der Waals surface area (Å²) in [6, 6.07) is 3.02. The van der Waals surface area contributed by atoms with Crippen molar-refractivity contribution >= 4 is 18.3 Å². The molecule has 6 heteroatoms. The van der Waals surface area contributed by atoms with Crippen LogP contribution in [0.4, 0.5) is 8.78 Å². The molecule has 2 unspecified atom stereocenters. The number of piperidine rings is 1. The molecule has 2 atom stereocenters. The van der Waals surface area contributed by atoms with Gasteiger partial charge in [0.25, 0.3) is 5.91 Å². The van der Waals surface area contributed by atoms with Crippen LogP contribution < -0.4 is 10.6 Å². The van der Waals surface area contributed by atoms with Crippen LogP contribution in [0.15, 0.2) is 18.2 Å². The SMILES string of the molecule is Cl.O=C(NC1C2CNCC21)c1cc(F)cc(F)c1. The van der Waals surface area contributed by atoms with Crippen LogP contribution in [-0.2, 0) is 0 Å². The van der Waals surface area contributed by atoms with Crippen LogP contribution in [0.5, 0.6) is 0 Å². The zero-order valence-corrected chi connectivity index (χ0v) is 10.3. The zero-order chi connectivity index (χ0) is 12.0. The summed E-state index contributed by atoms with van der Waals surface area (Å²) in [5.74, 6) is -0.891. The second-order valence-electron chi connectivity index (χ2n) is 4.64. The van der Waals surface area contributed by atoms with Crippen molar-refractivity contribution in [3.05, 3.63) is 35.4 Å². The summed E-state index contributed by atoms with van der Waals surface area (Å²) in [4.78, 5) is 11.8. The van der Waals surface area contributed by atoms with E-state index in [-0.39, 0.29) is 24.0 Å². The minimum atomic E-state index is -0.729. The Morgan fingerprint density at radius 3 is 2.28 bits per heavy atom. The molecule has 1 amide bonds. The average molecular weight is 275 g/mol. The monoisotopic (exact) mass is 274 g/mol. The normalized spacial score (nSPS) is 28.2. The molecule has 1 saturated heterocycles. The van der Waals surface area contributed by atoms with Gasteiger partial charge in [-0.05, 0) is 24.0 Å². The van der Waals surface area contributed by atoms with Gasteiger partial charge in [0.1, 0.15) is 11.6 Å². The second-order valence-corrected chi connectivity index (χ2v) is 4.64. The predicted molar refractivity (Wildman–Crippen MR) is 64.7 cm³/mol. The van der Waals surface area contributed by atoms with Gasteiger partial charge in [-0.1, -0.05) is 0 Å². The molecule has 0 aromatic heterocycles. The first-order valence-corrected chi connectivity index (χ1v) is 5.63. The Morgan fingerprint density at radius 2 is 1.72 bits per heavy atom. The van der Waals surface area contributed by atoms with Crippen LogP contribution in [0, 0.1) is 23.5 Å². The summed E-state index contributed by atoms with van der Waals surface area (Å²) >= 11 is 0. The molecule has 2 N–H and O–H groups in total. The Morgan fingerprint density at radius 1 is 1.17 bits per heavy atom. The van der Waals surface area contributed by atoms with Crippen LogP contribution in [0.25, 0.3) is 0 Å². The number of hydrogen-bond donors (Lipinski definition) is 2. The first-order valence-electron chi connectivity index (χ1n) is 5.63. The molecular weight excluding hydrogens is 262 g/mol. The van der Waals surface area contributed by atoms with Gasteiger partial charge in [-0.3, -0.25) is 4.79 Å². The second kappa shape index (κ2) is 4.82. The fourth-order valence-corrected chi connectivity index (χ4v) is 2.55. The molecule has 0 bridgehead atoms. The number of carbonyl (C=O) groups is 1. The van der Waals surface area contributed by atoms with Crippen LogP contribution in [0.2, 0.25) is 0 Å². The lowest BCUT2D eigenvalue weighted by molar-refractivity contribution is 0.0945. The number of fused-ring (bicyclic) bond motifs is 1. The van der Waals surface area contributed by atoms with Gasteiger partial charge in [0, 0.05) is 30.8 Å². The maximum atomic E-state index is 12.9. The van der Waals surface area contributed by atoms with Gasteiger partial charge in [0.15, 0.2) is 0 Å². The van der Waals surface area contributed by atoms with Crippen molar-refractivity contribution in [1.29, 1.82) is 0 Å². The van der Waals surface area contributed by atoms with Gasteiger partial charge in [0.2, 0.25) is 0 Å². The molecule has 3 nitrogen and oxygen atoms in total.